The van der Waals surface area contributed by atoms with E-state index in [1.165, 1.54) is 0 Å². The number of hydrogen-bond donors (Lipinski definition) is 2. The van der Waals surface area contributed by atoms with E-state index in [9.17, 15) is 4.79 Å². The molecule has 0 unspecified atom stereocenters. The molecule has 204 valence electrons. The number of aromatic nitrogens is 2. The predicted octanol–water partition coefficient (Wildman–Crippen LogP) is 4.99. The molecule has 0 bridgehead atoms. The summed E-state index contributed by atoms with van der Waals surface area (Å²) in [5.74, 6) is 1.43. The number of piperidine rings is 1. The Morgan fingerprint density at radius 3 is 2.51 bits per heavy atom. The van der Waals surface area contributed by atoms with Gasteiger partial charge in [0.05, 0.1) is 11.0 Å². The number of ether oxygens (including phenoxy) is 1. The highest BCUT2D eigenvalue weighted by atomic mass is 16.5. The lowest BCUT2D eigenvalue weighted by molar-refractivity contribution is -0.132. The highest BCUT2D eigenvalue weighted by Gasteiger charge is 2.29. The van der Waals surface area contributed by atoms with E-state index in [0.717, 1.165) is 71.6 Å². The molecule has 1 saturated heterocycles. The summed E-state index contributed by atoms with van der Waals surface area (Å²) in [5, 5.41) is 0. The SMILES string of the molecule is COCCCn1c([C@@H]2CCCN(C(=O)C[C@H](N)Cc3ccc(-c4ccc(N)cc4)cc3)C2)nc2ccccc21. The third-order valence-corrected chi connectivity index (χ3v) is 7.69. The highest BCUT2D eigenvalue weighted by molar-refractivity contribution is 5.78. The summed E-state index contributed by atoms with van der Waals surface area (Å²) in [4.78, 5) is 20.3. The summed E-state index contributed by atoms with van der Waals surface area (Å²) in [6.45, 7) is 3.04. The van der Waals surface area contributed by atoms with Crippen molar-refractivity contribution in [3.8, 4) is 11.1 Å². The van der Waals surface area contributed by atoms with Gasteiger partial charge in [-0.05, 0) is 66.6 Å². The number of imidazole rings is 1. The van der Waals surface area contributed by atoms with Crippen molar-refractivity contribution in [1.82, 2.24) is 14.5 Å². The van der Waals surface area contributed by atoms with Gasteiger partial charge in [0, 0.05) is 57.4 Å². The molecule has 39 heavy (non-hydrogen) atoms. The van der Waals surface area contributed by atoms with Crippen LogP contribution in [0.15, 0.2) is 72.8 Å². The van der Waals surface area contributed by atoms with E-state index in [4.69, 9.17) is 21.2 Å². The van der Waals surface area contributed by atoms with Crippen molar-refractivity contribution in [2.75, 3.05) is 32.5 Å². The second kappa shape index (κ2) is 12.5. The Morgan fingerprint density at radius 1 is 1.05 bits per heavy atom. The number of amides is 1. The van der Waals surface area contributed by atoms with Gasteiger partial charge in [-0.25, -0.2) is 4.98 Å². The van der Waals surface area contributed by atoms with Crippen LogP contribution < -0.4 is 11.5 Å². The molecule has 0 saturated carbocycles. The van der Waals surface area contributed by atoms with Crippen molar-refractivity contribution < 1.29 is 9.53 Å². The molecule has 0 spiro atoms. The van der Waals surface area contributed by atoms with E-state index >= 15 is 0 Å². The molecule has 7 nitrogen and oxygen atoms in total. The molecule has 2 atom stereocenters. The number of hydrogen-bond acceptors (Lipinski definition) is 5. The minimum atomic E-state index is -0.223. The molecule has 7 heteroatoms. The molecule has 2 heterocycles. The first-order chi connectivity index (χ1) is 19.0. The predicted molar refractivity (Wildman–Crippen MR) is 157 cm³/mol. The van der Waals surface area contributed by atoms with Gasteiger partial charge in [-0.2, -0.15) is 0 Å². The summed E-state index contributed by atoms with van der Waals surface area (Å²) < 4.78 is 7.62. The second-order valence-electron chi connectivity index (χ2n) is 10.6. The molecular formula is C32H39N5O2. The molecule has 4 aromatic rings. The van der Waals surface area contributed by atoms with Crippen LogP contribution in [0.2, 0.25) is 0 Å². The minimum Gasteiger partial charge on any atom is -0.399 e. The number of likely N-dealkylation sites (tertiary alicyclic amines) is 1. The maximum atomic E-state index is 13.3. The maximum Gasteiger partial charge on any atom is 0.224 e. The Hall–Kier alpha value is -3.68. The zero-order valence-electron chi connectivity index (χ0n) is 22.8. The number of nitrogen functional groups attached to an aromatic ring is 1. The lowest BCUT2D eigenvalue weighted by Gasteiger charge is -2.33. The number of nitrogens with two attached hydrogens (primary N) is 2. The van der Waals surface area contributed by atoms with Crippen molar-refractivity contribution in [2.45, 2.75) is 50.6 Å². The Bertz CT molecular complexity index is 1380. The molecule has 1 amide bonds. The number of fused-ring (bicyclic) bond motifs is 1. The Balaban J connectivity index is 1.21. The fraction of sp³-hybridized carbons (Fsp3) is 0.375. The average molecular weight is 526 g/mol. The summed E-state index contributed by atoms with van der Waals surface area (Å²) in [7, 11) is 1.74. The third-order valence-electron chi connectivity index (χ3n) is 7.69. The molecule has 4 N–H and O–H groups in total. The zero-order valence-corrected chi connectivity index (χ0v) is 22.8. The molecule has 0 radical (unpaired) electrons. The number of carbonyl (C=O) groups excluding carboxylic acids is 1. The quantitative estimate of drug-likeness (QED) is 0.225. The highest BCUT2D eigenvalue weighted by Crippen LogP contribution is 2.30. The van der Waals surface area contributed by atoms with Crippen LogP contribution in [0.3, 0.4) is 0 Å². The van der Waals surface area contributed by atoms with E-state index in [-0.39, 0.29) is 17.9 Å². The summed E-state index contributed by atoms with van der Waals surface area (Å²) in [5.41, 5.74) is 18.6. The Morgan fingerprint density at radius 2 is 1.77 bits per heavy atom. The molecule has 3 aromatic carbocycles. The van der Waals surface area contributed by atoms with Gasteiger partial charge in [-0.3, -0.25) is 4.79 Å². The normalized spacial score (nSPS) is 16.5. The first-order valence-electron chi connectivity index (χ1n) is 13.9. The minimum absolute atomic E-state index is 0.132. The molecule has 1 fully saturated rings. The van der Waals surface area contributed by atoms with Crippen LogP contribution in [0.1, 0.15) is 43.0 Å². The fourth-order valence-corrected chi connectivity index (χ4v) is 5.66. The van der Waals surface area contributed by atoms with Gasteiger partial charge in [0.2, 0.25) is 5.91 Å². The second-order valence-corrected chi connectivity index (χ2v) is 10.6. The third kappa shape index (κ3) is 6.49. The van der Waals surface area contributed by atoms with Gasteiger partial charge in [0.25, 0.3) is 0 Å². The van der Waals surface area contributed by atoms with Gasteiger partial charge in [0.15, 0.2) is 0 Å². The number of methoxy groups -OCH3 is 1. The number of anilines is 1. The standard InChI is InChI=1S/C32H39N5O2/c1-39-19-5-18-37-30-8-3-2-7-29(30)35-32(37)26-6-4-17-36(22-26)31(38)21-28(34)20-23-9-11-24(12-10-23)25-13-15-27(33)16-14-25/h2-3,7-16,26,28H,4-6,17-22,33-34H2,1H3/t26-,28-/m1/s1. The number of para-hydroxylation sites is 2. The fourth-order valence-electron chi connectivity index (χ4n) is 5.66. The van der Waals surface area contributed by atoms with Crippen LogP contribution in [-0.4, -0.2) is 53.2 Å². The first kappa shape index (κ1) is 26.9. The monoisotopic (exact) mass is 525 g/mol. The van der Waals surface area contributed by atoms with E-state index in [2.05, 4.69) is 47.0 Å². The number of aryl methyl sites for hydroxylation is 1. The topological polar surface area (TPSA) is 99.4 Å². The lowest BCUT2D eigenvalue weighted by atomic mass is 9.95. The van der Waals surface area contributed by atoms with Crippen LogP contribution in [0.4, 0.5) is 5.69 Å². The molecule has 1 aliphatic heterocycles. The van der Waals surface area contributed by atoms with Crippen LogP contribution in [0, 0.1) is 0 Å². The van der Waals surface area contributed by atoms with Crippen molar-refractivity contribution in [2.24, 2.45) is 5.73 Å². The van der Waals surface area contributed by atoms with Crippen LogP contribution in [-0.2, 0) is 22.5 Å². The van der Waals surface area contributed by atoms with Gasteiger partial charge in [-0.15, -0.1) is 0 Å². The summed E-state index contributed by atoms with van der Waals surface area (Å²) in [6.07, 6.45) is 3.94. The molecule has 0 aliphatic carbocycles. The number of carbonyl (C=O) groups is 1. The van der Waals surface area contributed by atoms with Gasteiger partial charge in [0.1, 0.15) is 5.82 Å². The molecule has 1 aliphatic rings. The number of rotatable bonds is 10. The number of nitrogens with zero attached hydrogens (tertiary/aromatic N) is 3. The Kier molecular flexibility index (Phi) is 8.59. The van der Waals surface area contributed by atoms with Crippen LogP contribution in [0.25, 0.3) is 22.2 Å². The number of benzene rings is 3. The largest absolute Gasteiger partial charge is 0.399 e. The maximum absolute atomic E-state index is 13.3. The van der Waals surface area contributed by atoms with E-state index in [0.29, 0.717) is 26.0 Å². The van der Waals surface area contributed by atoms with Crippen molar-refractivity contribution in [1.29, 1.82) is 0 Å². The smallest absolute Gasteiger partial charge is 0.224 e. The van der Waals surface area contributed by atoms with Crippen molar-refractivity contribution in [3.05, 3.63) is 84.2 Å². The van der Waals surface area contributed by atoms with Gasteiger partial charge >= 0.3 is 0 Å². The zero-order chi connectivity index (χ0) is 27.2. The van der Waals surface area contributed by atoms with Crippen molar-refractivity contribution >= 4 is 22.6 Å². The Labute approximate surface area is 230 Å². The van der Waals surface area contributed by atoms with Crippen molar-refractivity contribution in [3.63, 3.8) is 0 Å². The molecule has 1 aromatic heterocycles. The summed E-state index contributed by atoms with van der Waals surface area (Å²) >= 11 is 0. The van der Waals surface area contributed by atoms with E-state index in [1.807, 2.05) is 35.2 Å². The van der Waals surface area contributed by atoms with Crippen LogP contribution >= 0.6 is 0 Å². The first-order valence-corrected chi connectivity index (χ1v) is 13.9. The summed E-state index contributed by atoms with van der Waals surface area (Å²) in [6, 6.07) is 24.3. The van der Waals surface area contributed by atoms with Gasteiger partial charge < -0.3 is 25.7 Å². The lowest BCUT2D eigenvalue weighted by Crippen LogP contribution is -2.42. The molecule has 5 rings (SSSR count). The average Bonchev–Trinajstić information content (AvgIpc) is 3.33. The van der Waals surface area contributed by atoms with Gasteiger partial charge in [-0.1, -0.05) is 48.5 Å². The van der Waals surface area contributed by atoms with Crippen LogP contribution in [0.5, 0.6) is 0 Å². The van der Waals surface area contributed by atoms with E-state index < -0.39 is 0 Å². The van der Waals surface area contributed by atoms with E-state index in [1.54, 1.807) is 7.11 Å². The molecular weight excluding hydrogens is 486 g/mol.